The highest BCUT2D eigenvalue weighted by molar-refractivity contribution is 7.92. The van der Waals surface area contributed by atoms with E-state index in [0.29, 0.717) is 5.56 Å². The molecule has 0 atom stereocenters. The van der Waals surface area contributed by atoms with Crippen molar-refractivity contribution in [1.82, 2.24) is 0 Å². The third kappa shape index (κ3) is 3.13. The van der Waals surface area contributed by atoms with Crippen molar-refractivity contribution in [2.75, 3.05) is 17.1 Å². The number of hydrogen-bond acceptors (Lipinski definition) is 3. The van der Waals surface area contributed by atoms with E-state index in [1.807, 2.05) is 16.8 Å². The van der Waals surface area contributed by atoms with E-state index in [9.17, 15) is 21.6 Å². The number of thiophene rings is 1. The Kier molecular flexibility index (Phi) is 3.76. The van der Waals surface area contributed by atoms with Crippen LogP contribution in [0.4, 0.5) is 18.9 Å². The van der Waals surface area contributed by atoms with Gasteiger partial charge in [0.05, 0.1) is 24.1 Å². The van der Waals surface area contributed by atoms with Crippen LogP contribution < -0.4 is 4.31 Å². The van der Waals surface area contributed by atoms with Gasteiger partial charge in [-0.25, -0.2) is 8.42 Å². The van der Waals surface area contributed by atoms with Gasteiger partial charge in [0, 0.05) is 0 Å². The van der Waals surface area contributed by atoms with Gasteiger partial charge in [0.2, 0.25) is 10.0 Å². The van der Waals surface area contributed by atoms with Gasteiger partial charge in [-0.15, -0.1) is 0 Å². The molecule has 23 heavy (non-hydrogen) atoms. The van der Waals surface area contributed by atoms with Crippen molar-refractivity contribution < 1.29 is 21.6 Å². The molecular weight excluding hydrogens is 347 g/mol. The second-order valence-electron chi connectivity index (χ2n) is 5.22. The fourth-order valence-corrected chi connectivity index (χ4v) is 4.02. The predicted octanol–water partition coefficient (Wildman–Crippen LogP) is 4.09. The molecule has 3 nitrogen and oxygen atoms in total. The van der Waals surface area contributed by atoms with Gasteiger partial charge in [0.25, 0.3) is 0 Å². The molecule has 1 aromatic carbocycles. The Morgan fingerprint density at radius 2 is 1.96 bits per heavy atom. The van der Waals surface area contributed by atoms with E-state index in [1.165, 1.54) is 17.4 Å². The molecule has 0 amide bonds. The number of nitrogens with zero attached hydrogens (tertiary/aromatic N) is 1. The molecule has 1 aliphatic rings. The van der Waals surface area contributed by atoms with Gasteiger partial charge in [-0.05, 0) is 51.7 Å². The summed E-state index contributed by atoms with van der Waals surface area (Å²) in [7, 11) is -3.70. The standard InChI is InChI=1S/C15H12F3NO2S2/c1-23(20,21)19-8-12(11-4-5-22-9-11)6-10-2-3-13(7-14(10)19)15(16,17)18/h2-7,9H,8H2,1H3. The Morgan fingerprint density at radius 3 is 2.52 bits per heavy atom. The Morgan fingerprint density at radius 1 is 1.22 bits per heavy atom. The number of sulfonamides is 1. The SMILES string of the molecule is CS(=O)(=O)N1CC(c2ccsc2)=Cc2ccc(C(F)(F)F)cc21. The maximum absolute atomic E-state index is 12.9. The van der Waals surface area contributed by atoms with E-state index >= 15 is 0 Å². The first kappa shape index (κ1) is 16.1. The highest BCUT2D eigenvalue weighted by Gasteiger charge is 2.33. The van der Waals surface area contributed by atoms with Crippen LogP contribution in [0.1, 0.15) is 16.7 Å². The lowest BCUT2D eigenvalue weighted by atomic mass is 9.99. The van der Waals surface area contributed by atoms with Crippen LogP contribution in [-0.4, -0.2) is 21.2 Å². The minimum absolute atomic E-state index is 0.0177. The average molecular weight is 359 g/mol. The van der Waals surface area contributed by atoms with Crippen molar-refractivity contribution in [3.8, 4) is 0 Å². The fraction of sp³-hybridized carbons (Fsp3) is 0.200. The number of alkyl halides is 3. The van der Waals surface area contributed by atoms with Gasteiger partial charge in [0.15, 0.2) is 0 Å². The second kappa shape index (κ2) is 5.38. The Bertz CT molecular complexity index is 869. The van der Waals surface area contributed by atoms with Gasteiger partial charge in [-0.2, -0.15) is 24.5 Å². The molecule has 0 saturated carbocycles. The highest BCUT2D eigenvalue weighted by Crippen LogP contribution is 2.39. The molecule has 0 aliphatic carbocycles. The molecule has 1 aliphatic heterocycles. The predicted molar refractivity (Wildman–Crippen MR) is 85.8 cm³/mol. The van der Waals surface area contributed by atoms with Crippen molar-refractivity contribution >= 4 is 38.7 Å². The van der Waals surface area contributed by atoms with Gasteiger partial charge >= 0.3 is 6.18 Å². The summed E-state index contributed by atoms with van der Waals surface area (Å²) in [6.45, 7) is 0.0177. The molecule has 1 aromatic heterocycles. The lowest BCUT2D eigenvalue weighted by Crippen LogP contribution is -2.34. The average Bonchev–Trinajstić information content (AvgIpc) is 2.97. The maximum atomic E-state index is 12.9. The molecule has 0 unspecified atom stereocenters. The maximum Gasteiger partial charge on any atom is 0.416 e. The summed E-state index contributed by atoms with van der Waals surface area (Å²) in [6.07, 6.45) is -1.79. The molecule has 0 bridgehead atoms. The Labute approximate surface area is 135 Å². The number of halogens is 3. The number of anilines is 1. The Balaban J connectivity index is 2.18. The van der Waals surface area contributed by atoms with Crippen molar-refractivity contribution in [1.29, 1.82) is 0 Å². The van der Waals surface area contributed by atoms with Crippen LogP contribution >= 0.6 is 11.3 Å². The zero-order chi connectivity index (χ0) is 16.8. The minimum Gasteiger partial charge on any atom is -0.265 e. The van der Waals surface area contributed by atoms with E-state index in [0.717, 1.165) is 33.8 Å². The largest absolute Gasteiger partial charge is 0.416 e. The summed E-state index contributed by atoms with van der Waals surface area (Å²) in [6, 6.07) is 5.01. The normalized spacial score (nSPS) is 15.3. The lowest BCUT2D eigenvalue weighted by molar-refractivity contribution is -0.137. The van der Waals surface area contributed by atoms with Gasteiger partial charge in [0.1, 0.15) is 0 Å². The topological polar surface area (TPSA) is 37.4 Å². The van der Waals surface area contributed by atoms with Crippen molar-refractivity contribution in [2.24, 2.45) is 0 Å². The summed E-state index contributed by atoms with van der Waals surface area (Å²) in [5.74, 6) is 0. The van der Waals surface area contributed by atoms with Crippen molar-refractivity contribution in [3.05, 3.63) is 51.7 Å². The van der Waals surface area contributed by atoms with Crippen molar-refractivity contribution in [3.63, 3.8) is 0 Å². The van der Waals surface area contributed by atoms with E-state index in [1.54, 1.807) is 6.08 Å². The highest BCUT2D eigenvalue weighted by atomic mass is 32.2. The van der Waals surface area contributed by atoms with Gasteiger partial charge < -0.3 is 0 Å². The number of fused-ring (bicyclic) bond motifs is 1. The number of benzene rings is 1. The molecule has 0 N–H and O–H groups in total. The molecule has 2 aromatic rings. The summed E-state index contributed by atoms with van der Waals surface area (Å²) in [4.78, 5) is 0. The second-order valence-corrected chi connectivity index (χ2v) is 7.91. The quantitative estimate of drug-likeness (QED) is 0.810. The van der Waals surface area contributed by atoms with E-state index < -0.39 is 21.8 Å². The molecule has 0 fully saturated rings. The number of hydrogen-bond donors (Lipinski definition) is 0. The first-order chi connectivity index (χ1) is 10.7. The molecule has 122 valence electrons. The molecule has 0 spiro atoms. The summed E-state index contributed by atoms with van der Waals surface area (Å²) < 4.78 is 63.8. The third-order valence-electron chi connectivity index (χ3n) is 3.56. The monoisotopic (exact) mass is 359 g/mol. The van der Waals surface area contributed by atoms with Crippen LogP contribution in [-0.2, 0) is 16.2 Å². The summed E-state index contributed by atoms with van der Waals surface area (Å²) in [5.41, 5.74) is 1.27. The van der Waals surface area contributed by atoms with E-state index in [2.05, 4.69) is 0 Å². The third-order valence-corrected chi connectivity index (χ3v) is 5.37. The van der Waals surface area contributed by atoms with Crippen LogP contribution in [0.15, 0.2) is 35.0 Å². The zero-order valence-electron chi connectivity index (χ0n) is 12.0. The zero-order valence-corrected chi connectivity index (χ0v) is 13.6. The summed E-state index contributed by atoms with van der Waals surface area (Å²) >= 11 is 1.47. The molecule has 0 saturated heterocycles. The van der Waals surface area contributed by atoms with Crippen LogP contribution in [0.2, 0.25) is 0 Å². The molecule has 2 heterocycles. The van der Waals surface area contributed by atoms with Gasteiger partial charge in [-0.1, -0.05) is 6.07 Å². The van der Waals surface area contributed by atoms with Gasteiger partial charge in [-0.3, -0.25) is 4.31 Å². The lowest BCUT2D eigenvalue weighted by Gasteiger charge is -2.30. The van der Waals surface area contributed by atoms with Crippen LogP contribution in [0, 0.1) is 0 Å². The molecule has 0 radical (unpaired) electrons. The first-order valence-electron chi connectivity index (χ1n) is 6.58. The van der Waals surface area contributed by atoms with E-state index in [-0.39, 0.29) is 12.2 Å². The van der Waals surface area contributed by atoms with Crippen LogP contribution in [0.3, 0.4) is 0 Å². The fourth-order valence-electron chi connectivity index (χ4n) is 2.45. The number of rotatable bonds is 2. The molecule has 8 heteroatoms. The van der Waals surface area contributed by atoms with Crippen LogP contribution in [0.25, 0.3) is 11.6 Å². The van der Waals surface area contributed by atoms with Crippen molar-refractivity contribution in [2.45, 2.75) is 6.18 Å². The van der Waals surface area contributed by atoms with E-state index in [4.69, 9.17) is 0 Å². The first-order valence-corrected chi connectivity index (χ1v) is 9.37. The van der Waals surface area contributed by atoms with Crippen LogP contribution in [0.5, 0.6) is 0 Å². The molecular formula is C15H12F3NO2S2. The molecule has 3 rings (SSSR count). The smallest absolute Gasteiger partial charge is 0.265 e. The summed E-state index contributed by atoms with van der Waals surface area (Å²) in [5, 5.41) is 3.74. The Hall–Kier alpha value is -1.80. The minimum atomic E-state index is -4.52.